The second kappa shape index (κ2) is 19.2. The maximum absolute atomic E-state index is 11.9. The number of nitrogens with zero attached hydrogens (tertiary/aromatic N) is 6. The number of anilines is 2. The molecule has 29 nitrogen and oxygen atoms in total. The van der Waals surface area contributed by atoms with Crippen molar-refractivity contribution in [2.75, 3.05) is 24.7 Å². The van der Waals surface area contributed by atoms with Crippen molar-refractivity contribution < 1.29 is 170 Å². The topological polar surface area (TPSA) is 467 Å². The Hall–Kier alpha value is -0.570. The largest absolute Gasteiger partial charge is 1.00 e. The number of nitrogen functional groups attached to an aromatic ring is 2. The molecule has 0 radical (unpaired) electrons. The average molecular weight is 900 g/mol. The van der Waals surface area contributed by atoms with E-state index in [1.54, 1.807) is 0 Å². The number of hydrogen-bond donors (Lipinski definition) is 10. The quantitative estimate of drug-likeness (QED) is 0.0522. The molecule has 4 aromatic heterocycles. The molecule has 2 saturated heterocycles. The van der Waals surface area contributed by atoms with Crippen molar-refractivity contribution in [2.24, 2.45) is 0 Å². The number of ether oxygens (including phenoxy) is 2. The van der Waals surface area contributed by atoms with E-state index in [0.29, 0.717) is 0 Å². The Morgan fingerprint density at radius 1 is 0.807 bits per heavy atom. The van der Waals surface area contributed by atoms with E-state index < -0.39 is 95.9 Å². The maximum atomic E-state index is 11.9. The molecule has 0 amide bonds. The third-order valence-electron chi connectivity index (χ3n) is 7.90. The fourth-order valence-electron chi connectivity index (χ4n) is 5.45. The molecule has 6 heterocycles. The fourth-order valence-corrected chi connectivity index (χ4v) is 8.35. The number of hydrogen-bond acceptors (Lipinski definition) is 24. The number of nitrogens with two attached hydrogens (primary N) is 2. The fraction of sp³-hybridized carbons (Fsp3) is 0.545. The molecule has 2 aliphatic rings. The number of H-pyrrole nitrogens is 2. The van der Waals surface area contributed by atoms with Gasteiger partial charge in [0.05, 0.1) is 25.9 Å². The summed E-state index contributed by atoms with van der Waals surface area (Å²) in [5, 5.41) is 50.6. The third kappa shape index (κ3) is 11.5. The van der Waals surface area contributed by atoms with Crippen LogP contribution < -0.4 is 126 Å². The van der Waals surface area contributed by atoms with Crippen LogP contribution in [0, 0.1) is 0 Å². The molecule has 2 fully saturated rings. The van der Waals surface area contributed by atoms with Gasteiger partial charge in [0.25, 0.3) is 34.6 Å². The standard InChI is InChI=1S/C11H18N5O14P3.C11H15N5O5.3Na/c1-11(19)6(17)4(2-27-32(23,24)30-33(25,26)29-31(20,21)22)28-9(11)16-3-13-5-7(16)14-10(12)15-8(5)18;1-11(20)6(18)4(2-17)21-9(11)16-3-13-5-7(16)14-10(12)15-8(5)19;;;/h3-4,6,9,17,19H,2H2,1H3,(H,23,24)(H,25,26)(H2,20,21,22)(H3,12,14,15,18);3-4,6,9,17-18,20H,2H2,1H3,(H3,12,14,15,19);;;/q;;3*+1/p-3/t2*4-,6+,9-,11?;;;/m11.../s1. The van der Waals surface area contributed by atoms with Crippen LogP contribution in [0.2, 0.25) is 0 Å². The first kappa shape index (κ1) is 52.6. The molecule has 2 aliphatic heterocycles. The molecule has 0 spiro atoms. The molecule has 0 aliphatic carbocycles. The number of fused-ring (bicyclic) bond motifs is 2. The van der Waals surface area contributed by atoms with Crippen molar-refractivity contribution in [1.29, 1.82) is 0 Å². The summed E-state index contributed by atoms with van der Waals surface area (Å²) in [7, 11) is -17.9. The van der Waals surface area contributed by atoms with E-state index in [2.05, 4.69) is 43.0 Å². The zero-order valence-corrected chi connectivity index (χ0v) is 38.9. The van der Waals surface area contributed by atoms with Crippen molar-refractivity contribution in [2.45, 2.75) is 61.9 Å². The number of rotatable bonds is 10. The van der Waals surface area contributed by atoms with Gasteiger partial charge in [-0.05, 0) is 13.8 Å². The number of aliphatic hydroxyl groups is 5. The van der Waals surface area contributed by atoms with Crippen molar-refractivity contribution >= 4 is 57.7 Å². The van der Waals surface area contributed by atoms with Gasteiger partial charge in [0.1, 0.15) is 35.6 Å². The Balaban J connectivity index is 0.000000405. The van der Waals surface area contributed by atoms with Gasteiger partial charge in [-0.3, -0.25) is 42.4 Å². The average Bonchev–Trinajstić information content (AvgIpc) is 3.74. The van der Waals surface area contributed by atoms with Gasteiger partial charge in [-0.1, -0.05) is 0 Å². The van der Waals surface area contributed by atoms with Crippen molar-refractivity contribution in [1.82, 2.24) is 39.0 Å². The molecular formula is C22H30N10Na3O19P3. The van der Waals surface area contributed by atoms with Gasteiger partial charge < -0.3 is 70.6 Å². The van der Waals surface area contributed by atoms with E-state index in [9.17, 15) is 63.5 Å². The number of nitrogens with one attached hydrogen (secondary N) is 2. The maximum Gasteiger partial charge on any atom is 1.00 e. The molecule has 35 heteroatoms. The second-order valence-corrected chi connectivity index (χ2v) is 16.2. The van der Waals surface area contributed by atoms with Crippen LogP contribution in [-0.4, -0.2) is 118 Å². The number of phosphoric acid groups is 3. The molecule has 12 N–H and O–H groups in total. The van der Waals surface area contributed by atoms with Gasteiger partial charge >= 0.3 is 88.7 Å². The summed E-state index contributed by atoms with van der Waals surface area (Å²) in [6.07, 6.45) is -6.03. The van der Waals surface area contributed by atoms with E-state index in [-0.39, 0.29) is 123 Å². The van der Waals surface area contributed by atoms with Crippen LogP contribution >= 0.6 is 23.5 Å². The third-order valence-corrected chi connectivity index (χ3v) is 11.6. The molecule has 6 rings (SSSR count). The van der Waals surface area contributed by atoms with Crippen LogP contribution in [0.1, 0.15) is 26.3 Å². The minimum Gasteiger partial charge on any atom is -0.756 e. The smallest absolute Gasteiger partial charge is 0.756 e. The van der Waals surface area contributed by atoms with Gasteiger partial charge in [0, 0.05) is 0 Å². The molecule has 11 atom stereocenters. The minimum atomic E-state index is -6.12. The molecule has 0 saturated carbocycles. The summed E-state index contributed by atoms with van der Waals surface area (Å²) < 4.78 is 57.4. The summed E-state index contributed by atoms with van der Waals surface area (Å²) in [4.78, 5) is 85.4. The predicted molar refractivity (Wildman–Crippen MR) is 166 cm³/mol. The number of imidazole rings is 2. The molecule has 5 unspecified atom stereocenters. The van der Waals surface area contributed by atoms with Gasteiger partial charge in [0.15, 0.2) is 34.8 Å². The summed E-state index contributed by atoms with van der Waals surface area (Å²) in [5.74, 6) is -0.405. The summed E-state index contributed by atoms with van der Waals surface area (Å²) in [6.45, 7) is 0.854. The van der Waals surface area contributed by atoms with E-state index in [4.69, 9.17) is 25.8 Å². The van der Waals surface area contributed by atoms with Crippen LogP contribution in [0.5, 0.6) is 0 Å². The molecular weight excluding hydrogens is 870 g/mol. The molecule has 300 valence electrons. The Labute approximate surface area is 383 Å². The number of aromatic amines is 2. The Kier molecular flexibility index (Phi) is 17.7. The molecule has 0 aromatic carbocycles. The number of aliphatic hydroxyl groups excluding tert-OH is 3. The zero-order chi connectivity index (χ0) is 40.3. The first-order valence-electron chi connectivity index (χ1n) is 14.7. The van der Waals surface area contributed by atoms with E-state index in [1.165, 1.54) is 17.8 Å². The zero-order valence-electron chi connectivity index (χ0n) is 30.2. The van der Waals surface area contributed by atoms with E-state index >= 15 is 0 Å². The van der Waals surface area contributed by atoms with Crippen molar-refractivity contribution in [3.05, 3.63) is 33.4 Å². The van der Waals surface area contributed by atoms with Gasteiger partial charge in [-0.2, -0.15) is 9.97 Å². The number of phosphoric ester groups is 1. The molecule has 57 heavy (non-hydrogen) atoms. The van der Waals surface area contributed by atoms with Crippen LogP contribution in [0.4, 0.5) is 11.9 Å². The van der Waals surface area contributed by atoms with E-state index in [1.807, 2.05) is 0 Å². The van der Waals surface area contributed by atoms with Crippen LogP contribution in [0.3, 0.4) is 0 Å². The predicted octanol–water partition coefficient (Wildman–Crippen LogP) is -15.1. The molecule has 0 bridgehead atoms. The van der Waals surface area contributed by atoms with Crippen molar-refractivity contribution in [3.8, 4) is 0 Å². The summed E-state index contributed by atoms with van der Waals surface area (Å²) >= 11 is 0. The SMILES string of the molecule is CC1(O)[C@@H](O)[C@@H](CO)O[C@H]1n1cnc2c(=O)[nH]c(N)nc21.CC1(O)[C@@H](O)[C@@H](COP(=O)([O-])OP(=O)([O-])OP(=O)([O-])O)O[C@H]1n1cnc2c(=O)[nH]c(N)nc21.[Na+].[Na+].[Na+]. The Bertz CT molecular complexity index is 2320. The molecule has 4 aromatic rings. The summed E-state index contributed by atoms with van der Waals surface area (Å²) in [5.41, 5.74) is 5.71. The monoisotopic (exact) mass is 900 g/mol. The Morgan fingerprint density at radius 2 is 1.21 bits per heavy atom. The first-order valence-corrected chi connectivity index (χ1v) is 19.1. The first-order chi connectivity index (χ1) is 24.8. The number of aromatic nitrogens is 8. The van der Waals surface area contributed by atoms with Crippen LogP contribution in [-0.2, 0) is 36.3 Å². The minimum absolute atomic E-state index is 0. The van der Waals surface area contributed by atoms with E-state index in [0.717, 1.165) is 17.8 Å². The normalized spacial score (nSPS) is 30.2. The van der Waals surface area contributed by atoms with Crippen molar-refractivity contribution in [3.63, 3.8) is 0 Å². The van der Waals surface area contributed by atoms with Gasteiger partial charge in [0.2, 0.25) is 11.9 Å². The van der Waals surface area contributed by atoms with Gasteiger partial charge in [-0.25, -0.2) is 18.6 Å². The van der Waals surface area contributed by atoms with Crippen LogP contribution in [0.25, 0.3) is 22.3 Å². The summed E-state index contributed by atoms with van der Waals surface area (Å²) in [6, 6.07) is 0. The van der Waals surface area contributed by atoms with Gasteiger partial charge in [-0.15, -0.1) is 0 Å². The Morgan fingerprint density at radius 3 is 1.60 bits per heavy atom. The van der Waals surface area contributed by atoms with Crippen LogP contribution in [0.15, 0.2) is 22.2 Å². The second-order valence-electron chi connectivity index (χ2n) is 12.0.